The number of sulfonamides is 1. The molecule has 1 N–H and O–H groups in total. The number of carbonyl (C=O) groups excluding carboxylic acids is 1. The minimum Gasteiger partial charge on any atom is -0.345 e. The first-order valence-corrected chi connectivity index (χ1v) is 11.7. The highest BCUT2D eigenvalue weighted by Gasteiger charge is 2.21. The van der Waals surface area contributed by atoms with E-state index in [9.17, 15) is 13.2 Å². The Morgan fingerprint density at radius 2 is 1.79 bits per heavy atom. The Balaban J connectivity index is 2.07. The highest BCUT2D eigenvalue weighted by atomic mass is 32.2. The summed E-state index contributed by atoms with van der Waals surface area (Å²) in [4.78, 5) is 13.7. The molecule has 1 amide bonds. The van der Waals surface area contributed by atoms with Crippen LogP contribution >= 0.6 is 11.3 Å². The van der Waals surface area contributed by atoms with Gasteiger partial charge in [0.15, 0.2) is 0 Å². The molecule has 0 aliphatic rings. The molecule has 1 aromatic carbocycles. The maximum atomic E-state index is 12.5. The van der Waals surface area contributed by atoms with Gasteiger partial charge in [-0.15, -0.1) is 11.3 Å². The standard InChI is InChI=1S/C21H28N2O3S2/c1-5-23(6-2)28(25,26)18-12-9-17(10-13-18)11-14-20(24)22-21(16(3)4)19-8-7-15-27-19/h7-16,21H,5-6H2,1-4H3,(H,22,24)/b14-11+/t21-/m1/s1. The number of rotatable bonds is 9. The van der Waals surface area contributed by atoms with Gasteiger partial charge in [-0.05, 0) is 41.1 Å². The molecule has 1 atom stereocenters. The van der Waals surface area contributed by atoms with Crippen molar-refractivity contribution in [2.45, 2.75) is 38.6 Å². The number of hydrogen-bond acceptors (Lipinski definition) is 4. The van der Waals surface area contributed by atoms with Crippen LogP contribution in [0.25, 0.3) is 6.08 Å². The maximum Gasteiger partial charge on any atom is 0.244 e. The highest BCUT2D eigenvalue weighted by molar-refractivity contribution is 7.89. The summed E-state index contributed by atoms with van der Waals surface area (Å²) in [5.41, 5.74) is 0.769. The molecular weight excluding hydrogens is 392 g/mol. The molecule has 0 fully saturated rings. The molecule has 0 bridgehead atoms. The monoisotopic (exact) mass is 420 g/mol. The van der Waals surface area contributed by atoms with E-state index in [4.69, 9.17) is 0 Å². The summed E-state index contributed by atoms with van der Waals surface area (Å²) < 4.78 is 26.4. The second kappa shape index (κ2) is 10.0. The molecule has 5 nitrogen and oxygen atoms in total. The molecule has 0 radical (unpaired) electrons. The number of thiophene rings is 1. The molecule has 0 spiro atoms. The molecule has 152 valence electrons. The topological polar surface area (TPSA) is 66.5 Å². The van der Waals surface area contributed by atoms with Crippen molar-refractivity contribution in [2.75, 3.05) is 13.1 Å². The normalized spacial score (nSPS) is 13.4. The van der Waals surface area contributed by atoms with Crippen molar-refractivity contribution in [3.05, 3.63) is 58.3 Å². The van der Waals surface area contributed by atoms with Crippen LogP contribution < -0.4 is 5.32 Å². The second-order valence-corrected chi connectivity index (χ2v) is 9.65. The highest BCUT2D eigenvalue weighted by Crippen LogP contribution is 2.25. The molecule has 0 unspecified atom stereocenters. The third kappa shape index (κ3) is 5.53. The average molecular weight is 421 g/mol. The van der Waals surface area contributed by atoms with Crippen LogP contribution in [0.5, 0.6) is 0 Å². The minimum absolute atomic E-state index is 0.0289. The molecule has 1 aromatic heterocycles. The van der Waals surface area contributed by atoms with Gasteiger partial charge in [0, 0.05) is 24.0 Å². The van der Waals surface area contributed by atoms with E-state index in [-0.39, 0.29) is 22.8 Å². The van der Waals surface area contributed by atoms with Gasteiger partial charge < -0.3 is 5.32 Å². The van der Waals surface area contributed by atoms with Crippen LogP contribution in [-0.2, 0) is 14.8 Å². The molecule has 2 rings (SSSR count). The number of hydrogen-bond donors (Lipinski definition) is 1. The summed E-state index contributed by atoms with van der Waals surface area (Å²) in [6.45, 7) is 8.64. The van der Waals surface area contributed by atoms with Gasteiger partial charge in [-0.1, -0.05) is 45.9 Å². The number of nitrogens with one attached hydrogen (secondary N) is 1. The van der Waals surface area contributed by atoms with E-state index in [1.807, 2.05) is 31.4 Å². The summed E-state index contributed by atoms with van der Waals surface area (Å²) in [6.07, 6.45) is 3.17. The van der Waals surface area contributed by atoms with Crippen molar-refractivity contribution >= 4 is 33.3 Å². The molecule has 0 aliphatic heterocycles. The van der Waals surface area contributed by atoms with Gasteiger partial charge in [0.05, 0.1) is 10.9 Å². The lowest BCUT2D eigenvalue weighted by Gasteiger charge is -2.20. The van der Waals surface area contributed by atoms with Crippen LogP contribution in [0.3, 0.4) is 0 Å². The van der Waals surface area contributed by atoms with Gasteiger partial charge in [-0.2, -0.15) is 4.31 Å². The SMILES string of the molecule is CCN(CC)S(=O)(=O)c1ccc(/C=C/C(=O)N[C@@H](c2cccs2)C(C)C)cc1. The van der Waals surface area contributed by atoms with Crippen molar-refractivity contribution < 1.29 is 13.2 Å². The Morgan fingerprint density at radius 1 is 1.14 bits per heavy atom. The first kappa shape index (κ1) is 22.3. The molecular formula is C21H28N2O3S2. The van der Waals surface area contributed by atoms with Gasteiger partial charge in [0.25, 0.3) is 0 Å². The van der Waals surface area contributed by atoms with E-state index in [0.717, 1.165) is 10.4 Å². The Labute approximate surface area is 172 Å². The van der Waals surface area contributed by atoms with Gasteiger partial charge in [0.2, 0.25) is 15.9 Å². The molecule has 0 saturated heterocycles. The largest absolute Gasteiger partial charge is 0.345 e. The van der Waals surface area contributed by atoms with E-state index in [1.54, 1.807) is 41.7 Å². The molecule has 7 heteroatoms. The zero-order chi connectivity index (χ0) is 20.7. The number of benzene rings is 1. The van der Waals surface area contributed by atoms with Gasteiger partial charge >= 0.3 is 0 Å². The molecule has 0 saturated carbocycles. The maximum absolute atomic E-state index is 12.5. The average Bonchev–Trinajstić information content (AvgIpc) is 3.19. The minimum atomic E-state index is -3.47. The van der Waals surface area contributed by atoms with Gasteiger partial charge in [0.1, 0.15) is 0 Å². The second-order valence-electron chi connectivity index (χ2n) is 6.74. The third-order valence-corrected chi connectivity index (χ3v) is 7.48. The smallest absolute Gasteiger partial charge is 0.244 e. The summed E-state index contributed by atoms with van der Waals surface area (Å²) in [5, 5.41) is 5.04. The van der Waals surface area contributed by atoms with Gasteiger partial charge in [-0.25, -0.2) is 8.42 Å². The lowest BCUT2D eigenvalue weighted by atomic mass is 10.0. The Morgan fingerprint density at radius 3 is 2.29 bits per heavy atom. The van der Waals surface area contributed by atoms with Crippen LogP contribution in [0.1, 0.15) is 44.2 Å². The molecule has 1 heterocycles. The van der Waals surface area contributed by atoms with E-state index >= 15 is 0 Å². The zero-order valence-electron chi connectivity index (χ0n) is 16.8. The van der Waals surface area contributed by atoms with Crippen LogP contribution in [0.15, 0.2) is 52.7 Å². The van der Waals surface area contributed by atoms with E-state index in [1.165, 1.54) is 10.4 Å². The molecule has 28 heavy (non-hydrogen) atoms. The predicted molar refractivity (Wildman–Crippen MR) is 116 cm³/mol. The number of nitrogens with zero attached hydrogens (tertiary/aromatic N) is 1. The van der Waals surface area contributed by atoms with E-state index in [0.29, 0.717) is 13.1 Å². The summed E-state index contributed by atoms with van der Waals surface area (Å²) in [5.74, 6) is 0.104. The van der Waals surface area contributed by atoms with Gasteiger partial charge in [-0.3, -0.25) is 4.79 Å². The van der Waals surface area contributed by atoms with Crippen molar-refractivity contribution in [2.24, 2.45) is 5.92 Å². The number of amides is 1. The molecule has 0 aliphatic carbocycles. The third-order valence-electron chi connectivity index (χ3n) is 4.46. The first-order valence-electron chi connectivity index (χ1n) is 9.41. The fourth-order valence-electron chi connectivity index (χ4n) is 2.87. The Bertz CT molecular complexity index is 882. The van der Waals surface area contributed by atoms with Crippen molar-refractivity contribution in [1.82, 2.24) is 9.62 Å². The fraction of sp³-hybridized carbons (Fsp3) is 0.381. The Kier molecular flexibility index (Phi) is 7.98. The van der Waals surface area contributed by atoms with Crippen LogP contribution in [0.2, 0.25) is 0 Å². The van der Waals surface area contributed by atoms with Crippen molar-refractivity contribution in [3.63, 3.8) is 0 Å². The lowest BCUT2D eigenvalue weighted by molar-refractivity contribution is -0.117. The Hall–Kier alpha value is -1.96. The van der Waals surface area contributed by atoms with Crippen molar-refractivity contribution in [3.8, 4) is 0 Å². The fourth-order valence-corrected chi connectivity index (χ4v) is 5.28. The van der Waals surface area contributed by atoms with E-state index < -0.39 is 10.0 Å². The predicted octanol–water partition coefficient (Wildman–Crippen LogP) is 4.31. The summed E-state index contributed by atoms with van der Waals surface area (Å²) >= 11 is 1.63. The van der Waals surface area contributed by atoms with Crippen LogP contribution in [0.4, 0.5) is 0 Å². The summed E-state index contributed by atoms with van der Waals surface area (Å²) in [6, 6.07) is 10.5. The van der Waals surface area contributed by atoms with Crippen molar-refractivity contribution in [1.29, 1.82) is 0 Å². The number of carbonyl (C=O) groups is 1. The quantitative estimate of drug-likeness (QED) is 0.615. The van der Waals surface area contributed by atoms with E-state index in [2.05, 4.69) is 19.2 Å². The van der Waals surface area contributed by atoms with Crippen LogP contribution in [0, 0.1) is 5.92 Å². The van der Waals surface area contributed by atoms with Crippen LogP contribution in [-0.4, -0.2) is 31.7 Å². The first-order chi connectivity index (χ1) is 13.3. The lowest BCUT2D eigenvalue weighted by Crippen LogP contribution is -2.30. The molecule has 2 aromatic rings. The summed E-state index contributed by atoms with van der Waals surface area (Å²) in [7, 11) is -3.47. The zero-order valence-corrected chi connectivity index (χ0v) is 18.4.